The zero-order chi connectivity index (χ0) is 12.3. The normalized spacial score (nSPS) is 15.4. The molecule has 4 heteroatoms. The number of anilines is 1. The molecule has 2 rings (SSSR count). The molecule has 4 nitrogen and oxygen atoms in total. The highest BCUT2D eigenvalue weighted by Crippen LogP contribution is 2.27. The quantitative estimate of drug-likeness (QED) is 0.864. The van der Waals surface area contributed by atoms with Gasteiger partial charge < -0.3 is 10.6 Å². The monoisotopic (exact) mass is 233 g/mol. The zero-order valence-electron chi connectivity index (χ0n) is 10.2. The molecule has 0 atom stereocenters. The van der Waals surface area contributed by atoms with Gasteiger partial charge in [0.05, 0.1) is 17.4 Å². The third-order valence-corrected chi connectivity index (χ3v) is 3.45. The van der Waals surface area contributed by atoms with Crippen LogP contribution in [0.15, 0.2) is 18.5 Å². The largest absolute Gasteiger partial charge is 0.397 e. The molecule has 0 aliphatic heterocycles. The van der Waals surface area contributed by atoms with Gasteiger partial charge in [-0.2, -0.15) is 0 Å². The second-order valence-corrected chi connectivity index (χ2v) is 4.60. The number of aromatic nitrogens is 1. The number of carbonyl (C=O) groups excluding carboxylic acids is 1. The van der Waals surface area contributed by atoms with Crippen LogP contribution in [0.25, 0.3) is 0 Å². The summed E-state index contributed by atoms with van der Waals surface area (Å²) in [4.78, 5) is 18.1. The van der Waals surface area contributed by atoms with Crippen molar-refractivity contribution >= 4 is 11.6 Å². The van der Waals surface area contributed by atoms with Crippen LogP contribution in [0.1, 0.15) is 36.5 Å². The van der Waals surface area contributed by atoms with Crippen LogP contribution in [0.4, 0.5) is 5.69 Å². The van der Waals surface area contributed by atoms with Crippen LogP contribution in [0.5, 0.6) is 0 Å². The highest BCUT2D eigenvalue weighted by Gasteiger charge is 2.24. The third kappa shape index (κ3) is 2.57. The number of hydrogen-bond donors (Lipinski definition) is 1. The molecule has 1 aromatic rings. The van der Waals surface area contributed by atoms with Crippen LogP contribution >= 0.6 is 0 Å². The average Bonchev–Trinajstić information content (AvgIpc) is 2.28. The highest BCUT2D eigenvalue weighted by molar-refractivity contribution is 5.98. The summed E-state index contributed by atoms with van der Waals surface area (Å²) in [7, 11) is 0. The highest BCUT2D eigenvalue weighted by atomic mass is 16.2. The second-order valence-electron chi connectivity index (χ2n) is 4.60. The minimum atomic E-state index is 0.0271. The zero-order valence-corrected chi connectivity index (χ0v) is 10.2. The van der Waals surface area contributed by atoms with Crippen molar-refractivity contribution in [2.24, 2.45) is 5.92 Å². The van der Waals surface area contributed by atoms with Crippen LogP contribution in [0.2, 0.25) is 0 Å². The Morgan fingerprint density at radius 2 is 2.35 bits per heavy atom. The summed E-state index contributed by atoms with van der Waals surface area (Å²) in [6, 6.07) is 1.70. The fourth-order valence-electron chi connectivity index (χ4n) is 2.11. The van der Waals surface area contributed by atoms with E-state index in [-0.39, 0.29) is 5.91 Å². The molecule has 0 bridgehead atoms. The Morgan fingerprint density at radius 3 is 2.88 bits per heavy atom. The van der Waals surface area contributed by atoms with Gasteiger partial charge in [-0.05, 0) is 31.7 Å². The molecular weight excluding hydrogens is 214 g/mol. The SMILES string of the molecule is CCN(CC1CCC1)C(=O)c1ccncc1N. The second kappa shape index (κ2) is 5.17. The lowest BCUT2D eigenvalue weighted by Gasteiger charge is -2.32. The summed E-state index contributed by atoms with van der Waals surface area (Å²) < 4.78 is 0. The van der Waals surface area contributed by atoms with E-state index in [4.69, 9.17) is 5.73 Å². The summed E-state index contributed by atoms with van der Waals surface area (Å²) in [6.45, 7) is 3.60. The molecule has 0 unspecified atom stereocenters. The minimum absolute atomic E-state index is 0.0271. The van der Waals surface area contributed by atoms with Gasteiger partial charge in [0.1, 0.15) is 0 Å². The molecule has 92 valence electrons. The maximum Gasteiger partial charge on any atom is 0.256 e. The lowest BCUT2D eigenvalue weighted by atomic mass is 9.85. The standard InChI is InChI=1S/C13H19N3O/c1-2-16(9-10-4-3-5-10)13(17)11-6-7-15-8-12(11)14/h6-8,10H,2-5,9,14H2,1H3. The molecule has 2 N–H and O–H groups in total. The Balaban J connectivity index is 2.08. The van der Waals surface area contributed by atoms with E-state index in [2.05, 4.69) is 4.98 Å². The minimum Gasteiger partial charge on any atom is -0.397 e. The van der Waals surface area contributed by atoms with Crippen molar-refractivity contribution in [1.82, 2.24) is 9.88 Å². The van der Waals surface area contributed by atoms with Gasteiger partial charge in [-0.25, -0.2) is 0 Å². The first-order valence-electron chi connectivity index (χ1n) is 6.21. The lowest BCUT2D eigenvalue weighted by Crippen LogP contribution is -2.37. The van der Waals surface area contributed by atoms with Crippen molar-refractivity contribution in [1.29, 1.82) is 0 Å². The van der Waals surface area contributed by atoms with Gasteiger partial charge in [-0.3, -0.25) is 9.78 Å². The number of nitrogens with two attached hydrogens (primary N) is 1. The van der Waals surface area contributed by atoms with Gasteiger partial charge in [-0.15, -0.1) is 0 Å². The molecule has 0 radical (unpaired) electrons. The van der Waals surface area contributed by atoms with Crippen molar-refractivity contribution in [3.63, 3.8) is 0 Å². The van der Waals surface area contributed by atoms with E-state index in [1.165, 1.54) is 25.5 Å². The average molecular weight is 233 g/mol. The molecule has 1 amide bonds. The Morgan fingerprint density at radius 1 is 1.59 bits per heavy atom. The van der Waals surface area contributed by atoms with Crippen molar-refractivity contribution in [3.05, 3.63) is 24.0 Å². The first-order valence-corrected chi connectivity index (χ1v) is 6.21. The molecule has 1 aliphatic carbocycles. The predicted molar refractivity (Wildman–Crippen MR) is 67.6 cm³/mol. The Kier molecular flexibility index (Phi) is 3.61. The molecule has 1 fully saturated rings. The number of amides is 1. The fourth-order valence-corrected chi connectivity index (χ4v) is 2.11. The molecule has 0 saturated heterocycles. The van der Waals surface area contributed by atoms with Gasteiger partial charge in [0.25, 0.3) is 5.91 Å². The molecule has 1 saturated carbocycles. The molecule has 1 heterocycles. The van der Waals surface area contributed by atoms with Gasteiger partial charge >= 0.3 is 0 Å². The number of nitrogens with zero attached hydrogens (tertiary/aromatic N) is 2. The van der Waals surface area contributed by atoms with Gasteiger partial charge in [0, 0.05) is 19.3 Å². The van der Waals surface area contributed by atoms with Crippen LogP contribution < -0.4 is 5.73 Å². The Bertz CT molecular complexity index is 401. The van der Waals surface area contributed by atoms with E-state index in [1.807, 2.05) is 11.8 Å². The molecule has 0 spiro atoms. The predicted octanol–water partition coefficient (Wildman–Crippen LogP) is 1.93. The number of rotatable bonds is 4. The van der Waals surface area contributed by atoms with Crippen molar-refractivity contribution < 1.29 is 4.79 Å². The summed E-state index contributed by atoms with van der Waals surface area (Å²) in [5, 5.41) is 0. The first kappa shape index (κ1) is 11.9. The summed E-state index contributed by atoms with van der Waals surface area (Å²) in [5.41, 5.74) is 6.81. The summed E-state index contributed by atoms with van der Waals surface area (Å²) in [5.74, 6) is 0.710. The van der Waals surface area contributed by atoms with Gasteiger partial charge in [-0.1, -0.05) is 6.42 Å². The Hall–Kier alpha value is -1.58. The number of carbonyl (C=O) groups is 1. The van der Waals surface area contributed by atoms with Crippen molar-refractivity contribution in [3.8, 4) is 0 Å². The number of nitrogen functional groups attached to an aromatic ring is 1. The number of hydrogen-bond acceptors (Lipinski definition) is 3. The van der Waals surface area contributed by atoms with Gasteiger partial charge in [0.2, 0.25) is 0 Å². The topological polar surface area (TPSA) is 59.2 Å². The third-order valence-electron chi connectivity index (χ3n) is 3.45. The number of pyridine rings is 1. The molecule has 1 aromatic heterocycles. The van der Waals surface area contributed by atoms with E-state index in [9.17, 15) is 4.79 Å². The summed E-state index contributed by atoms with van der Waals surface area (Å²) >= 11 is 0. The van der Waals surface area contributed by atoms with Crippen molar-refractivity contribution in [2.75, 3.05) is 18.8 Å². The fraction of sp³-hybridized carbons (Fsp3) is 0.538. The van der Waals surface area contributed by atoms with Crippen LogP contribution in [0, 0.1) is 5.92 Å². The molecular formula is C13H19N3O. The summed E-state index contributed by atoms with van der Waals surface area (Å²) in [6.07, 6.45) is 6.93. The lowest BCUT2D eigenvalue weighted by molar-refractivity contribution is 0.0707. The van der Waals surface area contributed by atoms with E-state index in [0.29, 0.717) is 17.2 Å². The van der Waals surface area contributed by atoms with Crippen LogP contribution in [-0.4, -0.2) is 28.9 Å². The van der Waals surface area contributed by atoms with E-state index < -0.39 is 0 Å². The van der Waals surface area contributed by atoms with Gasteiger partial charge in [0.15, 0.2) is 0 Å². The Labute approximate surface area is 102 Å². The van der Waals surface area contributed by atoms with Crippen LogP contribution in [-0.2, 0) is 0 Å². The van der Waals surface area contributed by atoms with E-state index >= 15 is 0 Å². The van der Waals surface area contributed by atoms with E-state index in [0.717, 1.165) is 13.1 Å². The molecule has 1 aliphatic rings. The smallest absolute Gasteiger partial charge is 0.256 e. The maximum absolute atomic E-state index is 12.3. The molecule has 0 aromatic carbocycles. The first-order chi connectivity index (χ1) is 8.22. The van der Waals surface area contributed by atoms with Crippen LogP contribution in [0.3, 0.4) is 0 Å². The maximum atomic E-state index is 12.3. The molecule has 17 heavy (non-hydrogen) atoms. The van der Waals surface area contributed by atoms with Crippen molar-refractivity contribution in [2.45, 2.75) is 26.2 Å². The van der Waals surface area contributed by atoms with E-state index in [1.54, 1.807) is 12.3 Å².